The van der Waals surface area contributed by atoms with Gasteiger partial charge in [-0.25, -0.2) is 0 Å². The van der Waals surface area contributed by atoms with E-state index in [9.17, 15) is 0 Å². The molecule has 0 saturated carbocycles. The number of anilines is 1. The van der Waals surface area contributed by atoms with E-state index in [1.807, 2.05) is 0 Å². The first-order chi connectivity index (χ1) is 9.10. The summed E-state index contributed by atoms with van der Waals surface area (Å²) in [4.78, 5) is 4.84. The highest BCUT2D eigenvalue weighted by atomic mass is 79.9. The third-order valence-electron chi connectivity index (χ3n) is 3.97. The van der Waals surface area contributed by atoms with E-state index in [0.29, 0.717) is 0 Å². The van der Waals surface area contributed by atoms with Crippen LogP contribution in [0.1, 0.15) is 18.4 Å². The number of piperidine rings is 1. The van der Waals surface area contributed by atoms with Crippen molar-refractivity contribution in [3.63, 3.8) is 0 Å². The second-order valence-electron chi connectivity index (χ2n) is 5.53. The van der Waals surface area contributed by atoms with Crippen molar-refractivity contribution in [2.45, 2.75) is 18.2 Å². The largest absolute Gasteiger partial charge is 0.374 e. The van der Waals surface area contributed by atoms with Crippen molar-refractivity contribution in [2.24, 2.45) is 5.92 Å². The van der Waals surface area contributed by atoms with Gasteiger partial charge in [-0.15, -0.1) is 0 Å². The van der Waals surface area contributed by atoms with Crippen LogP contribution in [-0.2, 0) is 5.33 Å². The highest BCUT2D eigenvalue weighted by Crippen LogP contribution is 2.28. The van der Waals surface area contributed by atoms with E-state index in [-0.39, 0.29) is 0 Å². The molecular weight excluding hydrogens is 368 g/mol. The van der Waals surface area contributed by atoms with E-state index in [2.05, 4.69) is 74.0 Å². The third kappa shape index (κ3) is 4.20. The zero-order valence-corrected chi connectivity index (χ0v) is 14.9. The van der Waals surface area contributed by atoms with Gasteiger partial charge < -0.3 is 9.80 Å². The number of hydrogen-bond donors (Lipinski definition) is 0. The minimum atomic E-state index is 0.823. The van der Waals surface area contributed by atoms with Crippen molar-refractivity contribution >= 4 is 37.5 Å². The number of rotatable bonds is 4. The number of hydrogen-bond acceptors (Lipinski definition) is 2. The average Bonchev–Trinajstić information content (AvgIpc) is 2.41. The third-order valence-corrected chi connectivity index (χ3v) is 5.07. The van der Waals surface area contributed by atoms with E-state index in [4.69, 9.17) is 0 Å². The van der Waals surface area contributed by atoms with E-state index in [1.165, 1.54) is 37.2 Å². The van der Waals surface area contributed by atoms with E-state index >= 15 is 0 Å². The minimum Gasteiger partial charge on any atom is -0.374 e. The van der Waals surface area contributed by atoms with Gasteiger partial charge in [0, 0.05) is 29.1 Å². The Morgan fingerprint density at radius 3 is 2.63 bits per heavy atom. The molecule has 1 aliphatic heterocycles. The van der Waals surface area contributed by atoms with Gasteiger partial charge in [-0.3, -0.25) is 0 Å². The van der Waals surface area contributed by atoms with Crippen molar-refractivity contribution in [1.82, 2.24) is 4.90 Å². The molecule has 0 aliphatic carbocycles. The quantitative estimate of drug-likeness (QED) is 0.714. The van der Waals surface area contributed by atoms with Crippen LogP contribution in [0.3, 0.4) is 0 Å². The van der Waals surface area contributed by atoms with Crippen LogP contribution in [0.15, 0.2) is 22.7 Å². The Morgan fingerprint density at radius 2 is 2.00 bits per heavy atom. The summed E-state index contributed by atoms with van der Waals surface area (Å²) in [7, 11) is 4.43. The summed E-state index contributed by atoms with van der Waals surface area (Å²) >= 11 is 7.16. The SMILES string of the molecule is CN1CCC(CN(C)c2cc(Br)ccc2CBr)CC1. The number of benzene rings is 1. The summed E-state index contributed by atoms with van der Waals surface area (Å²) in [5.41, 5.74) is 2.70. The molecule has 1 fully saturated rings. The lowest BCUT2D eigenvalue weighted by molar-refractivity contribution is 0.222. The molecular formula is C15H22Br2N2. The summed E-state index contributed by atoms with van der Waals surface area (Å²) in [6, 6.07) is 6.54. The monoisotopic (exact) mass is 388 g/mol. The molecule has 106 valence electrons. The summed E-state index contributed by atoms with van der Waals surface area (Å²) in [5.74, 6) is 0.823. The van der Waals surface area contributed by atoms with Gasteiger partial charge in [0.2, 0.25) is 0 Å². The fourth-order valence-corrected chi connectivity index (χ4v) is 3.56. The lowest BCUT2D eigenvalue weighted by atomic mass is 9.96. The Kier molecular flexibility index (Phi) is 5.72. The lowest BCUT2D eigenvalue weighted by Crippen LogP contribution is -2.35. The van der Waals surface area contributed by atoms with E-state index in [1.54, 1.807) is 0 Å². The Morgan fingerprint density at radius 1 is 1.32 bits per heavy atom. The fourth-order valence-electron chi connectivity index (χ4n) is 2.74. The van der Waals surface area contributed by atoms with Crippen LogP contribution in [0.4, 0.5) is 5.69 Å². The van der Waals surface area contributed by atoms with Crippen LogP contribution >= 0.6 is 31.9 Å². The zero-order valence-electron chi connectivity index (χ0n) is 11.7. The summed E-state index contributed by atoms with van der Waals surface area (Å²) in [6.45, 7) is 3.63. The molecule has 1 aliphatic rings. The normalized spacial score (nSPS) is 17.7. The standard InChI is InChI=1S/C15H22Br2N2/c1-18-7-5-12(6-8-18)11-19(2)15-9-14(17)4-3-13(15)10-16/h3-4,9,12H,5-8,10-11H2,1-2H3. The second-order valence-corrected chi connectivity index (χ2v) is 7.01. The molecule has 0 unspecified atom stereocenters. The molecule has 1 saturated heterocycles. The molecule has 0 aromatic heterocycles. The fraction of sp³-hybridized carbons (Fsp3) is 0.600. The van der Waals surface area contributed by atoms with Gasteiger partial charge in [0.15, 0.2) is 0 Å². The maximum Gasteiger partial charge on any atom is 0.0416 e. The molecule has 1 aromatic rings. The van der Waals surface area contributed by atoms with Crippen molar-refractivity contribution < 1.29 is 0 Å². The molecule has 1 heterocycles. The number of alkyl halides is 1. The van der Waals surface area contributed by atoms with Gasteiger partial charge in [0.25, 0.3) is 0 Å². The van der Waals surface area contributed by atoms with Gasteiger partial charge >= 0.3 is 0 Å². The van der Waals surface area contributed by atoms with Gasteiger partial charge in [-0.1, -0.05) is 37.9 Å². The van der Waals surface area contributed by atoms with Crippen molar-refractivity contribution in [3.8, 4) is 0 Å². The Hall–Kier alpha value is -0.0600. The Bertz CT molecular complexity index is 415. The Balaban J connectivity index is 2.03. The summed E-state index contributed by atoms with van der Waals surface area (Å²) < 4.78 is 1.16. The highest BCUT2D eigenvalue weighted by molar-refractivity contribution is 9.10. The smallest absolute Gasteiger partial charge is 0.0416 e. The van der Waals surface area contributed by atoms with Gasteiger partial charge in [0.05, 0.1) is 0 Å². The Labute approximate surface area is 133 Å². The first kappa shape index (κ1) is 15.3. The predicted octanol–water partition coefficient (Wildman–Crippen LogP) is 4.12. The summed E-state index contributed by atoms with van der Waals surface area (Å²) in [6.07, 6.45) is 2.64. The van der Waals surface area contributed by atoms with Gasteiger partial charge in [-0.2, -0.15) is 0 Å². The van der Waals surface area contributed by atoms with Gasteiger partial charge in [-0.05, 0) is 56.6 Å². The molecule has 0 spiro atoms. The second kappa shape index (κ2) is 7.09. The van der Waals surface area contributed by atoms with Crippen molar-refractivity contribution in [2.75, 3.05) is 38.6 Å². The van der Waals surface area contributed by atoms with Gasteiger partial charge in [0.1, 0.15) is 0 Å². The molecule has 0 N–H and O–H groups in total. The first-order valence-corrected chi connectivity index (χ1v) is 8.75. The molecule has 2 nitrogen and oxygen atoms in total. The first-order valence-electron chi connectivity index (χ1n) is 6.84. The minimum absolute atomic E-state index is 0.823. The average molecular weight is 390 g/mol. The number of likely N-dealkylation sites (tertiary alicyclic amines) is 1. The molecule has 1 aromatic carbocycles. The van der Waals surface area contributed by atoms with E-state index < -0.39 is 0 Å². The topological polar surface area (TPSA) is 6.48 Å². The lowest BCUT2D eigenvalue weighted by Gasteiger charge is -2.33. The molecule has 0 atom stereocenters. The molecule has 4 heteroatoms. The van der Waals surface area contributed by atoms with Crippen LogP contribution in [0.2, 0.25) is 0 Å². The van der Waals surface area contributed by atoms with Crippen molar-refractivity contribution in [3.05, 3.63) is 28.2 Å². The molecule has 0 radical (unpaired) electrons. The van der Waals surface area contributed by atoms with Crippen molar-refractivity contribution in [1.29, 1.82) is 0 Å². The van der Waals surface area contributed by atoms with Crippen LogP contribution < -0.4 is 4.90 Å². The van der Waals surface area contributed by atoms with Crippen LogP contribution in [0.25, 0.3) is 0 Å². The highest BCUT2D eigenvalue weighted by Gasteiger charge is 2.19. The number of halogens is 2. The maximum absolute atomic E-state index is 3.59. The zero-order chi connectivity index (χ0) is 13.8. The van der Waals surface area contributed by atoms with Crippen LogP contribution in [0.5, 0.6) is 0 Å². The molecule has 2 rings (SSSR count). The molecule has 19 heavy (non-hydrogen) atoms. The van der Waals surface area contributed by atoms with Crippen LogP contribution in [-0.4, -0.2) is 38.6 Å². The molecule has 0 amide bonds. The van der Waals surface area contributed by atoms with E-state index in [0.717, 1.165) is 22.3 Å². The predicted molar refractivity (Wildman–Crippen MR) is 90.3 cm³/mol. The number of nitrogens with zero attached hydrogens (tertiary/aromatic N) is 2. The molecule has 0 bridgehead atoms. The summed E-state index contributed by atoms with van der Waals surface area (Å²) in [5, 5.41) is 0.910. The van der Waals surface area contributed by atoms with Crippen LogP contribution in [0, 0.1) is 5.92 Å². The maximum atomic E-state index is 3.59.